The van der Waals surface area contributed by atoms with Crippen molar-refractivity contribution >= 4 is 23.2 Å². The number of aromatic nitrogens is 4. The van der Waals surface area contributed by atoms with E-state index in [9.17, 15) is 9.59 Å². The summed E-state index contributed by atoms with van der Waals surface area (Å²) >= 11 is 0. The van der Waals surface area contributed by atoms with Gasteiger partial charge in [-0.15, -0.1) is 0 Å². The van der Waals surface area contributed by atoms with Gasteiger partial charge in [-0.1, -0.05) is 20.4 Å². The summed E-state index contributed by atoms with van der Waals surface area (Å²) in [6.07, 6.45) is 18.6. The number of rotatable bonds is 13. The van der Waals surface area contributed by atoms with Crippen LogP contribution in [0.4, 0.5) is 11.6 Å². The van der Waals surface area contributed by atoms with Crippen LogP contribution in [-0.2, 0) is 9.59 Å². The first kappa shape index (κ1) is 37.7. The Morgan fingerprint density at radius 2 is 1.17 bits per heavy atom. The maximum atomic E-state index is 13.7. The molecule has 0 spiro atoms. The maximum Gasteiger partial charge on any atom is 0.161 e. The number of Topliss-reactive ketones (excluding diaryl/α,β-unsaturated/α-hetero) is 2. The normalized spacial score (nSPS) is 32.1. The van der Waals surface area contributed by atoms with Crippen LogP contribution in [0.15, 0.2) is 36.7 Å². The molecule has 0 radical (unpaired) electrons. The summed E-state index contributed by atoms with van der Waals surface area (Å²) in [6, 6.07) is 6.33. The number of carbonyl (C=O) groups is 2. The molecule has 0 N–H and O–H groups in total. The first-order valence-electron chi connectivity index (χ1n) is 21.7. The molecule has 6 heterocycles. The fourth-order valence-electron chi connectivity index (χ4n) is 11.3. The van der Waals surface area contributed by atoms with Crippen molar-refractivity contribution in [3.63, 3.8) is 0 Å². The molecule has 0 aromatic carbocycles. The van der Waals surface area contributed by atoms with E-state index in [-0.39, 0.29) is 23.5 Å². The number of hydrogen-bond donors (Lipinski definition) is 0. The molecule has 10 nitrogen and oxygen atoms in total. The minimum atomic E-state index is 0.115. The molecule has 292 valence electrons. The third kappa shape index (κ3) is 7.89. The van der Waals surface area contributed by atoms with Crippen molar-refractivity contribution in [3.8, 4) is 0 Å². The van der Waals surface area contributed by atoms with Gasteiger partial charge in [-0.2, -0.15) is 0 Å². The largest absolute Gasteiger partial charge is 0.348 e. The zero-order valence-electron chi connectivity index (χ0n) is 33.2. The Bertz CT molecular complexity index is 1620. The molecule has 2 aromatic heterocycles. The van der Waals surface area contributed by atoms with Gasteiger partial charge in [0, 0.05) is 92.3 Å². The molecule has 2 aliphatic carbocycles. The Labute approximate surface area is 323 Å². The van der Waals surface area contributed by atoms with E-state index >= 15 is 0 Å². The summed E-state index contributed by atoms with van der Waals surface area (Å²) in [5.74, 6) is 5.97. The highest BCUT2D eigenvalue weighted by atomic mass is 16.1. The molecule has 8 rings (SSSR count). The molecule has 5 unspecified atom stereocenters. The van der Waals surface area contributed by atoms with Crippen molar-refractivity contribution in [2.24, 2.45) is 17.8 Å². The van der Waals surface area contributed by atoms with Gasteiger partial charge in [-0.05, 0) is 128 Å². The summed E-state index contributed by atoms with van der Waals surface area (Å²) in [7, 11) is 0. The van der Waals surface area contributed by atoms with E-state index in [4.69, 9.17) is 19.9 Å². The highest BCUT2D eigenvalue weighted by molar-refractivity contribution is 5.96. The number of likely N-dealkylation sites (tertiary alicyclic amines) is 2. The van der Waals surface area contributed by atoms with Crippen LogP contribution in [0.1, 0.15) is 134 Å². The van der Waals surface area contributed by atoms with Gasteiger partial charge in [0.15, 0.2) is 5.78 Å². The van der Waals surface area contributed by atoms with Gasteiger partial charge in [0.1, 0.15) is 29.1 Å². The average Bonchev–Trinajstić information content (AvgIpc) is 3.64. The molecule has 2 saturated carbocycles. The number of anilines is 2. The minimum Gasteiger partial charge on any atom is -0.348 e. The van der Waals surface area contributed by atoms with Crippen molar-refractivity contribution in [1.82, 2.24) is 29.7 Å². The number of carbonyl (C=O) groups excluding carboxylic acids is 2. The van der Waals surface area contributed by atoms with Crippen LogP contribution in [0, 0.1) is 17.8 Å². The molecule has 10 heteroatoms. The van der Waals surface area contributed by atoms with Crippen LogP contribution in [0.3, 0.4) is 0 Å². The Morgan fingerprint density at radius 1 is 0.704 bits per heavy atom. The smallest absolute Gasteiger partial charge is 0.161 e. The lowest BCUT2D eigenvalue weighted by Crippen LogP contribution is -2.54. The third-order valence-electron chi connectivity index (χ3n) is 14.4. The molecule has 4 aliphatic heterocycles. The highest BCUT2D eigenvalue weighted by Crippen LogP contribution is 2.40. The zero-order valence-corrected chi connectivity index (χ0v) is 33.2. The molecule has 4 bridgehead atoms. The van der Waals surface area contributed by atoms with E-state index in [1.807, 2.05) is 19.3 Å². The highest BCUT2D eigenvalue weighted by Gasteiger charge is 2.42. The van der Waals surface area contributed by atoms with Crippen LogP contribution in [0.5, 0.6) is 0 Å². The number of likely N-dealkylation sites (N-methyl/N-ethyl adjacent to an activating group) is 1. The second-order valence-electron chi connectivity index (χ2n) is 17.9. The van der Waals surface area contributed by atoms with E-state index in [0.29, 0.717) is 47.4 Å². The molecule has 54 heavy (non-hydrogen) atoms. The van der Waals surface area contributed by atoms with Crippen LogP contribution in [-0.4, -0.2) is 105 Å². The van der Waals surface area contributed by atoms with Gasteiger partial charge < -0.3 is 9.80 Å². The summed E-state index contributed by atoms with van der Waals surface area (Å²) in [5, 5.41) is 0. The maximum absolute atomic E-state index is 13.7. The molecule has 0 amide bonds. The number of nitrogens with zero attached hydrogens (tertiary/aromatic N) is 8. The summed E-state index contributed by atoms with van der Waals surface area (Å²) in [6.45, 7) is 16.8. The van der Waals surface area contributed by atoms with Crippen LogP contribution in [0.2, 0.25) is 0 Å². The van der Waals surface area contributed by atoms with Crippen molar-refractivity contribution in [3.05, 3.63) is 48.3 Å². The monoisotopic (exact) mass is 737 g/mol. The number of allylic oxidation sites excluding steroid dienone is 1. The fraction of sp³-hybridized carbons (Fsp3) is 0.727. The summed E-state index contributed by atoms with van der Waals surface area (Å²) in [5.41, 5.74) is 0.679. The topological polar surface area (TPSA) is 98.7 Å². The standard InChI is InChI=1S/C44H64N8O2/c1-5-49-25-35-16-17-36(26-49)51(35)39-20-22-46-44(47-39)34-14-10-32(11-15-34)42(54)30(4)7-6-24-50-27-37-18-19-38(28-50)52(37)40-21-23-45-43(48-40)33-12-8-31(9-13-33)41(53)29(2)3/h20-23,30-38H,2,5-19,24-28H2,1,3-4H3. The van der Waals surface area contributed by atoms with Crippen LogP contribution >= 0.6 is 0 Å². The molecular formula is C44H64N8O2. The first-order chi connectivity index (χ1) is 26.2. The van der Waals surface area contributed by atoms with Crippen LogP contribution in [0.25, 0.3) is 0 Å². The fourth-order valence-corrected chi connectivity index (χ4v) is 11.3. The zero-order chi connectivity index (χ0) is 37.3. The minimum absolute atomic E-state index is 0.115. The number of hydrogen-bond acceptors (Lipinski definition) is 10. The van der Waals surface area contributed by atoms with Crippen molar-refractivity contribution in [2.75, 3.05) is 49.1 Å². The third-order valence-corrected chi connectivity index (χ3v) is 14.4. The predicted octanol–water partition coefficient (Wildman–Crippen LogP) is 6.97. The SMILES string of the molecule is C=C(C)C(=O)C1CCC(c2nccc(N3C4CCC3CN(CCCC(C)C(=O)C3CCC(c5nccc(N6C7CCC6CN(CC)C7)n5)CC3)C4)n2)CC1. The second-order valence-corrected chi connectivity index (χ2v) is 17.9. The van der Waals surface area contributed by atoms with Gasteiger partial charge in [0.2, 0.25) is 0 Å². The Morgan fingerprint density at radius 3 is 1.63 bits per heavy atom. The van der Waals surface area contributed by atoms with Crippen molar-refractivity contribution < 1.29 is 9.59 Å². The summed E-state index contributed by atoms with van der Waals surface area (Å²) in [4.78, 5) is 56.3. The average molecular weight is 737 g/mol. The lowest BCUT2D eigenvalue weighted by molar-refractivity contribution is -0.127. The van der Waals surface area contributed by atoms with E-state index < -0.39 is 0 Å². The van der Waals surface area contributed by atoms with Crippen molar-refractivity contribution in [2.45, 2.75) is 147 Å². The molecule has 2 aromatic rings. The van der Waals surface area contributed by atoms with Gasteiger partial charge in [0.25, 0.3) is 0 Å². The molecular weight excluding hydrogens is 673 g/mol. The quantitative estimate of drug-likeness (QED) is 0.201. The Balaban J connectivity index is 0.776. The molecule has 5 atom stereocenters. The van der Waals surface area contributed by atoms with Gasteiger partial charge in [-0.25, -0.2) is 19.9 Å². The Kier molecular flexibility index (Phi) is 11.5. The van der Waals surface area contributed by atoms with E-state index in [1.54, 1.807) is 0 Å². The predicted molar refractivity (Wildman–Crippen MR) is 214 cm³/mol. The molecule has 6 fully saturated rings. The van der Waals surface area contributed by atoms with Gasteiger partial charge in [0.05, 0.1) is 0 Å². The first-order valence-corrected chi connectivity index (χ1v) is 21.7. The van der Waals surface area contributed by atoms with E-state index in [2.05, 4.69) is 52.2 Å². The molecule has 6 aliphatic rings. The van der Waals surface area contributed by atoms with E-state index in [0.717, 1.165) is 127 Å². The second kappa shape index (κ2) is 16.5. The van der Waals surface area contributed by atoms with E-state index in [1.165, 1.54) is 25.7 Å². The van der Waals surface area contributed by atoms with Crippen LogP contribution < -0.4 is 9.80 Å². The molecule has 4 saturated heterocycles. The lowest BCUT2D eigenvalue weighted by Gasteiger charge is -2.42. The summed E-state index contributed by atoms with van der Waals surface area (Å²) < 4.78 is 0. The van der Waals surface area contributed by atoms with Crippen molar-refractivity contribution in [1.29, 1.82) is 0 Å². The lowest BCUT2D eigenvalue weighted by atomic mass is 9.76. The van der Waals surface area contributed by atoms with Gasteiger partial charge >= 0.3 is 0 Å². The Hall–Kier alpha value is -3.24. The number of piperazine rings is 2. The number of fused-ring (bicyclic) bond motifs is 4. The van der Waals surface area contributed by atoms with Gasteiger partial charge in [-0.3, -0.25) is 19.4 Å². The number of ketones is 2.